The highest BCUT2D eigenvalue weighted by molar-refractivity contribution is 6.30. The van der Waals surface area contributed by atoms with Crippen molar-refractivity contribution < 1.29 is 19.1 Å². The molecule has 130 valence electrons. The zero-order valence-corrected chi connectivity index (χ0v) is 14.5. The number of para-hydroxylation sites is 2. The Morgan fingerprint density at radius 1 is 1.20 bits per heavy atom. The van der Waals surface area contributed by atoms with Crippen LogP contribution in [0.4, 0.5) is 5.69 Å². The van der Waals surface area contributed by atoms with Crippen LogP contribution in [0.1, 0.15) is 18.9 Å². The molecule has 0 spiro atoms. The first-order valence-corrected chi connectivity index (χ1v) is 8.39. The Bertz CT molecular complexity index is 775. The van der Waals surface area contributed by atoms with Gasteiger partial charge in [-0.15, -0.1) is 0 Å². The van der Waals surface area contributed by atoms with Crippen LogP contribution in [0.2, 0.25) is 5.02 Å². The first-order chi connectivity index (χ1) is 12.0. The van der Waals surface area contributed by atoms with Crippen molar-refractivity contribution in [2.75, 3.05) is 11.4 Å². The molecule has 0 aromatic heterocycles. The molecule has 5 nitrogen and oxygen atoms in total. The van der Waals surface area contributed by atoms with Crippen molar-refractivity contribution in [3.05, 3.63) is 59.1 Å². The number of esters is 1. The van der Waals surface area contributed by atoms with Crippen molar-refractivity contribution in [1.29, 1.82) is 0 Å². The highest BCUT2D eigenvalue weighted by Crippen LogP contribution is 2.33. The van der Waals surface area contributed by atoms with Gasteiger partial charge in [0.2, 0.25) is 0 Å². The van der Waals surface area contributed by atoms with Crippen molar-refractivity contribution in [2.45, 2.75) is 26.1 Å². The van der Waals surface area contributed by atoms with Crippen molar-refractivity contribution in [1.82, 2.24) is 0 Å². The third kappa shape index (κ3) is 4.12. The van der Waals surface area contributed by atoms with Crippen LogP contribution < -0.4 is 9.64 Å². The number of hydrogen-bond donors (Lipinski definition) is 0. The van der Waals surface area contributed by atoms with E-state index in [-0.39, 0.29) is 31.4 Å². The lowest BCUT2D eigenvalue weighted by Crippen LogP contribution is -2.45. The number of ether oxygens (including phenoxy) is 2. The molecule has 2 aromatic rings. The molecule has 0 saturated heterocycles. The first-order valence-electron chi connectivity index (χ1n) is 8.02. The van der Waals surface area contributed by atoms with E-state index in [0.717, 1.165) is 5.56 Å². The number of nitrogens with zero attached hydrogens (tertiary/aromatic N) is 1. The Labute approximate surface area is 151 Å². The van der Waals surface area contributed by atoms with Gasteiger partial charge in [-0.1, -0.05) is 35.9 Å². The summed E-state index contributed by atoms with van der Waals surface area (Å²) in [5.41, 5.74) is 1.54. The second kappa shape index (κ2) is 7.57. The monoisotopic (exact) mass is 359 g/mol. The third-order valence-electron chi connectivity index (χ3n) is 3.93. The van der Waals surface area contributed by atoms with Crippen LogP contribution in [0.5, 0.6) is 5.75 Å². The minimum Gasteiger partial charge on any atom is -0.479 e. The molecular formula is C19H18ClNO4. The van der Waals surface area contributed by atoms with Crippen molar-refractivity contribution >= 4 is 29.2 Å². The molecule has 0 aliphatic carbocycles. The molecule has 0 N–H and O–H groups in total. The Morgan fingerprint density at radius 2 is 1.92 bits per heavy atom. The van der Waals surface area contributed by atoms with Gasteiger partial charge in [0, 0.05) is 11.6 Å². The number of carbonyl (C=O) groups excluding carboxylic acids is 2. The number of benzene rings is 2. The highest BCUT2D eigenvalue weighted by Gasteiger charge is 2.31. The summed E-state index contributed by atoms with van der Waals surface area (Å²) in [4.78, 5) is 25.9. The predicted molar refractivity (Wildman–Crippen MR) is 94.8 cm³/mol. The van der Waals surface area contributed by atoms with E-state index in [1.807, 2.05) is 18.2 Å². The van der Waals surface area contributed by atoms with Crippen LogP contribution in [0, 0.1) is 0 Å². The van der Waals surface area contributed by atoms with E-state index in [2.05, 4.69) is 0 Å². The molecule has 1 heterocycles. The molecule has 1 amide bonds. The third-order valence-corrected chi connectivity index (χ3v) is 4.18. The Morgan fingerprint density at radius 3 is 2.68 bits per heavy atom. The molecule has 1 aliphatic rings. The zero-order valence-electron chi connectivity index (χ0n) is 13.8. The SMILES string of the molecule is C[C@H]1Oc2ccccc2N(CCC(=O)OCc2ccc(Cl)cc2)C1=O. The van der Waals surface area contributed by atoms with E-state index >= 15 is 0 Å². The van der Waals surface area contributed by atoms with Crippen LogP contribution in [0.15, 0.2) is 48.5 Å². The maximum atomic E-state index is 12.3. The minimum absolute atomic E-state index is 0.111. The summed E-state index contributed by atoms with van der Waals surface area (Å²) in [7, 11) is 0. The number of carbonyl (C=O) groups is 2. The normalized spacial score (nSPS) is 16.2. The molecule has 0 bridgehead atoms. The highest BCUT2D eigenvalue weighted by atomic mass is 35.5. The maximum Gasteiger partial charge on any atom is 0.307 e. The van der Waals surface area contributed by atoms with Crippen molar-refractivity contribution in [2.24, 2.45) is 0 Å². The number of amides is 1. The Balaban J connectivity index is 1.58. The summed E-state index contributed by atoms with van der Waals surface area (Å²) in [6, 6.07) is 14.4. The number of anilines is 1. The molecule has 0 unspecified atom stereocenters. The van der Waals surface area contributed by atoms with Crippen LogP contribution in [-0.4, -0.2) is 24.5 Å². The van der Waals surface area contributed by atoms with Gasteiger partial charge >= 0.3 is 5.97 Å². The molecule has 1 aliphatic heterocycles. The molecular weight excluding hydrogens is 342 g/mol. The number of fused-ring (bicyclic) bond motifs is 1. The van der Waals surface area contributed by atoms with Gasteiger partial charge in [-0.05, 0) is 36.8 Å². The predicted octanol–water partition coefficient (Wildman–Crippen LogP) is 3.59. The molecule has 3 rings (SSSR count). The molecule has 0 radical (unpaired) electrons. The zero-order chi connectivity index (χ0) is 17.8. The van der Waals surface area contributed by atoms with E-state index in [4.69, 9.17) is 21.1 Å². The van der Waals surface area contributed by atoms with Gasteiger partial charge in [0.15, 0.2) is 6.10 Å². The topological polar surface area (TPSA) is 55.8 Å². The lowest BCUT2D eigenvalue weighted by atomic mass is 10.2. The lowest BCUT2D eigenvalue weighted by Gasteiger charge is -2.32. The number of rotatable bonds is 5. The molecule has 6 heteroatoms. The first kappa shape index (κ1) is 17.3. The molecule has 1 atom stereocenters. The number of hydrogen-bond acceptors (Lipinski definition) is 4. The van der Waals surface area contributed by atoms with Crippen molar-refractivity contribution in [3.8, 4) is 5.75 Å². The van der Waals surface area contributed by atoms with Gasteiger partial charge in [0.05, 0.1) is 12.1 Å². The van der Waals surface area contributed by atoms with Crippen molar-refractivity contribution in [3.63, 3.8) is 0 Å². The average molecular weight is 360 g/mol. The molecule has 0 saturated carbocycles. The fourth-order valence-electron chi connectivity index (χ4n) is 2.61. The summed E-state index contributed by atoms with van der Waals surface area (Å²) in [5, 5.41) is 0.633. The fraction of sp³-hybridized carbons (Fsp3) is 0.263. The summed E-state index contributed by atoms with van der Waals surface area (Å²) in [6.07, 6.45) is -0.458. The van der Waals surface area contributed by atoms with E-state index in [0.29, 0.717) is 16.5 Å². The van der Waals surface area contributed by atoms with Gasteiger partial charge in [0.1, 0.15) is 12.4 Å². The average Bonchev–Trinajstić information content (AvgIpc) is 2.61. The van der Waals surface area contributed by atoms with E-state index in [9.17, 15) is 9.59 Å². The van der Waals surface area contributed by atoms with Gasteiger partial charge < -0.3 is 14.4 Å². The quantitative estimate of drug-likeness (QED) is 0.765. The van der Waals surface area contributed by atoms with E-state index in [1.54, 1.807) is 42.2 Å². The van der Waals surface area contributed by atoms with Crippen LogP contribution in [-0.2, 0) is 20.9 Å². The van der Waals surface area contributed by atoms with Gasteiger partial charge in [-0.2, -0.15) is 0 Å². The molecule has 25 heavy (non-hydrogen) atoms. The van der Waals surface area contributed by atoms with E-state index in [1.165, 1.54) is 0 Å². The van der Waals surface area contributed by atoms with Crippen LogP contribution >= 0.6 is 11.6 Å². The van der Waals surface area contributed by atoms with Gasteiger partial charge in [-0.3, -0.25) is 9.59 Å². The number of halogens is 1. The minimum atomic E-state index is -0.569. The molecule has 0 fully saturated rings. The fourth-order valence-corrected chi connectivity index (χ4v) is 2.74. The Kier molecular flexibility index (Phi) is 5.24. The summed E-state index contributed by atoms with van der Waals surface area (Å²) in [6.45, 7) is 2.13. The lowest BCUT2D eigenvalue weighted by molar-refractivity contribution is -0.144. The van der Waals surface area contributed by atoms with Crippen LogP contribution in [0.3, 0.4) is 0 Å². The van der Waals surface area contributed by atoms with Gasteiger partial charge in [-0.25, -0.2) is 0 Å². The van der Waals surface area contributed by atoms with Crippen LogP contribution in [0.25, 0.3) is 0 Å². The van der Waals surface area contributed by atoms with Gasteiger partial charge in [0.25, 0.3) is 5.91 Å². The summed E-state index contributed by atoms with van der Waals surface area (Å²) >= 11 is 5.82. The largest absolute Gasteiger partial charge is 0.479 e. The second-order valence-corrected chi connectivity index (χ2v) is 6.19. The maximum absolute atomic E-state index is 12.3. The smallest absolute Gasteiger partial charge is 0.307 e. The standard InChI is InChI=1S/C19H18ClNO4/c1-13-19(23)21(16-4-2-3-5-17(16)25-13)11-10-18(22)24-12-14-6-8-15(20)9-7-14/h2-9,13H,10-12H2,1H3/t13-/m1/s1. The van der Waals surface area contributed by atoms with E-state index < -0.39 is 6.10 Å². The Hall–Kier alpha value is -2.53. The summed E-state index contributed by atoms with van der Waals surface area (Å²) < 4.78 is 10.8. The second-order valence-electron chi connectivity index (χ2n) is 5.75. The summed E-state index contributed by atoms with van der Waals surface area (Å²) in [5.74, 6) is 0.118. The molecule has 2 aromatic carbocycles.